The number of rotatable bonds is 8. The van der Waals surface area contributed by atoms with Gasteiger partial charge < -0.3 is 9.47 Å². The van der Waals surface area contributed by atoms with E-state index in [9.17, 15) is 4.79 Å². The highest BCUT2D eigenvalue weighted by atomic mass is 35.5. The Bertz CT molecular complexity index is 809. The van der Waals surface area contributed by atoms with Crippen molar-refractivity contribution >= 4 is 35.0 Å². The molecule has 0 aliphatic rings. The molecule has 27 heavy (non-hydrogen) atoms. The number of carbonyl (C=O) groups is 1. The SMILES string of the molecule is CC/C(=N/NC(=O)[C@@H](C)Sc1ccc(Cl)cc1)c1ccc(OC)c(OC)c1. The second-order valence-corrected chi connectivity index (χ2v) is 7.52. The van der Waals surface area contributed by atoms with Crippen LogP contribution in [0.3, 0.4) is 0 Å². The number of benzene rings is 2. The third kappa shape index (κ3) is 5.91. The van der Waals surface area contributed by atoms with Crippen LogP contribution in [0.2, 0.25) is 5.02 Å². The highest BCUT2D eigenvalue weighted by Crippen LogP contribution is 2.28. The van der Waals surface area contributed by atoms with Crippen molar-refractivity contribution < 1.29 is 14.3 Å². The molecule has 0 bridgehead atoms. The lowest BCUT2D eigenvalue weighted by Crippen LogP contribution is -2.28. The fourth-order valence-corrected chi connectivity index (χ4v) is 3.33. The molecule has 0 aliphatic heterocycles. The third-order valence-electron chi connectivity index (χ3n) is 3.85. The van der Waals surface area contributed by atoms with Gasteiger partial charge in [-0.3, -0.25) is 4.79 Å². The average molecular weight is 407 g/mol. The van der Waals surface area contributed by atoms with Gasteiger partial charge in [-0.05, 0) is 55.8 Å². The highest BCUT2D eigenvalue weighted by Gasteiger charge is 2.15. The number of nitrogens with one attached hydrogen (secondary N) is 1. The third-order valence-corrected chi connectivity index (χ3v) is 5.21. The van der Waals surface area contributed by atoms with Gasteiger partial charge in [-0.2, -0.15) is 5.10 Å². The van der Waals surface area contributed by atoms with E-state index in [4.69, 9.17) is 21.1 Å². The summed E-state index contributed by atoms with van der Waals surface area (Å²) in [6.07, 6.45) is 0.661. The summed E-state index contributed by atoms with van der Waals surface area (Å²) < 4.78 is 10.6. The van der Waals surface area contributed by atoms with Crippen LogP contribution in [0.5, 0.6) is 11.5 Å². The van der Waals surface area contributed by atoms with Crippen LogP contribution in [-0.2, 0) is 4.79 Å². The van der Waals surface area contributed by atoms with Crippen LogP contribution < -0.4 is 14.9 Å². The average Bonchev–Trinajstić information content (AvgIpc) is 2.69. The van der Waals surface area contributed by atoms with E-state index < -0.39 is 0 Å². The second kappa shape index (κ2) is 10.2. The van der Waals surface area contributed by atoms with E-state index in [2.05, 4.69) is 10.5 Å². The maximum absolute atomic E-state index is 12.4. The molecule has 7 heteroatoms. The van der Waals surface area contributed by atoms with E-state index in [0.717, 1.165) is 16.2 Å². The molecule has 1 N–H and O–H groups in total. The molecule has 144 valence electrons. The molecule has 0 aromatic heterocycles. The smallest absolute Gasteiger partial charge is 0.253 e. The second-order valence-electron chi connectivity index (χ2n) is 5.67. The number of hydrogen-bond donors (Lipinski definition) is 1. The van der Waals surface area contributed by atoms with Gasteiger partial charge in [-0.1, -0.05) is 18.5 Å². The van der Waals surface area contributed by atoms with Gasteiger partial charge in [0.05, 0.1) is 25.2 Å². The molecule has 0 unspecified atom stereocenters. The minimum atomic E-state index is -0.293. The maximum Gasteiger partial charge on any atom is 0.253 e. The molecule has 2 rings (SSSR count). The molecule has 2 aromatic carbocycles. The zero-order chi connectivity index (χ0) is 19.8. The predicted molar refractivity (Wildman–Crippen MR) is 111 cm³/mol. The monoisotopic (exact) mass is 406 g/mol. The fourth-order valence-electron chi connectivity index (χ4n) is 2.35. The molecule has 2 aromatic rings. The van der Waals surface area contributed by atoms with Crippen molar-refractivity contribution in [3.8, 4) is 11.5 Å². The van der Waals surface area contributed by atoms with Gasteiger partial charge in [0, 0.05) is 15.5 Å². The molecule has 0 saturated carbocycles. The van der Waals surface area contributed by atoms with Gasteiger partial charge in [-0.15, -0.1) is 11.8 Å². The van der Waals surface area contributed by atoms with E-state index >= 15 is 0 Å². The van der Waals surface area contributed by atoms with Crippen LogP contribution >= 0.6 is 23.4 Å². The summed E-state index contributed by atoms with van der Waals surface area (Å²) in [5.41, 5.74) is 4.29. The maximum atomic E-state index is 12.4. The Balaban J connectivity index is 2.07. The van der Waals surface area contributed by atoms with Gasteiger partial charge in [0.15, 0.2) is 11.5 Å². The number of hydrogen-bond acceptors (Lipinski definition) is 5. The van der Waals surface area contributed by atoms with Crippen molar-refractivity contribution in [2.75, 3.05) is 14.2 Å². The first-order chi connectivity index (χ1) is 13.0. The molecule has 0 radical (unpaired) electrons. The Morgan fingerprint density at radius 1 is 1.15 bits per heavy atom. The zero-order valence-corrected chi connectivity index (χ0v) is 17.4. The summed E-state index contributed by atoms with van der Waals surface area (Å²) in [4.78, 5) is 13.4. The summed E-state index contributed by atoms with van der Waals surface area (Å²) in [5, 5.41) is 4.68. The lowest BCUT2D eigenvalue weighted by molar-refractivity contribution is -0.120. The first kappa shape index (κ1) is 21.1. The Labute approximate surface area is 169 Å². The number of hydrazone groups is 1. The van der Waals surface area contributed by atoms with Crippen molar-refractivity contribution in [1.82, 2.24) is 5.43 Å². The number of halogens is 1. The largest absolute Gasteiger partial charge is 0.493 e. The summed E-state index contributed by atoms with van der Waals surface area (Å²) in [5.74, 6) is 1.10. The molecule has 0 fully saturated rings. The number of methoxy groups -OCH3 is 2. The summed E-state index contributed by atoms with van der Waals surface area (Å²) in [7, 11) is 3.17. The molecule has 0 spiro atoms. The van der Waals surface area contributed by atoms with E-state index in [1.54, 1.807) is 26.4 Å². The van der Waals surface area contributed by atoms with E-state index in [-0.39, 0.29) is 11.2 Å². The zero-order valence-electron chi connectivity index (χ0n) is 15.8. The van der Waals surface area contributed by atoms with Gasteiger partial charge in [0.2, 0.25) is 0 Å². The predicted octanol–water partition coefficient (Wildman–Crippen LogP) is 4.77. The highest BCUT2D eigenvalue weighted by molar-refractivity contribution is 8.00. The van der Waals surface area contributed by atoms with Crippen molar-refractivity contribution in [3.05, 3.63) is 53.1 Å². The molecule has 1 atom stereocenters. The van der Waals surface area contributed by atoms with Crippen molar-refractivity contribution in [2.45, 2.75) is 30.4 Å². The van der Waals surface area contributed by atoms with Crippen LogP contribution in [0.1, 0.15) is 25.8 Å². The van der Waals surface area contributed by atoms with Crippen molar-refractivity contribution in [2.24, 2.45) is 5.10 Å². The molecule has 5 nitrogen and oxygen atoms in total. The number of amides is 1. The quantitative estimate of drug-likeness (QED) is 0.389. The number of ether oxygens (including phenoxy) is 2. The molecular weight excluding hydrogens is 384 g/mol. The van der Waals surface area contributed by atoms with Crippen LogP contribution in [0.15, 0.2) is 52.5 Å². The van der Waals surface area contributed by atoms with Crippen LogP contribution in [-0.4, -0.2) is 31.1 Å². The van der Waals surface area contributed by atoms with Gasteiger partial charge in [0.25, 0.3) is 5.91 Å². The first-order valence-corrected chi connectivity index (χ1v) is 9.75. The minimum absolute atomic E-state index is 0.165. The summed E-state index contributed by atoms with van der Waals surface area (Å²) in [6.45, 7) is 3.82. The van der Waals surface area contributed by atoms with E-state index in [1.165, 1.54) is 11.8 Å². The van der Waals surface area contributed by atoms with Gasteiger partial charge >= 0.3 is 0 Å². The molecule has 0 aliphatic carbocycles. The Hall–Kier alpha value is -2.18. The summed E-state index contributed by atoms with van der Waals surface area (Å²) >= 11 is 7.34. The van der Waals surface area contributed by atoms with E-state index in [0.29, 0.717) is 22.9 Å². The number of carbonyl (C=O) groups excluding carboxylic acids is 1. The van der Waals surface area contributed by atoms with Crippen LogP contribution in [0, 0.1) is 0 Å². The Morgan fingerprint density at radius 3 is 2.41 bits per heavy atom. The molecular formula is C20H23ClN2O3S. The van der Waals surface area contributed by atoms with Crippen LogP contribution in [0.4, 0.5) is 0 Å². The lowest BCUT2D eigenvalue weighted by atomic mass is 10.1. The lowest BCUT2D eigenvalue weighted by Gasteiger charge is -2.12. The van der Waals surface area contributed by atoms with Gasteiger partial charge in [-0.25, -0.2) is 5.43 Å². The van der Waals surface area contributed by atoms with Gasteiger partial charge in [0.1, 0.15) is 0 Å². The standard InChI is InChI=1S/C20H23ClN2O3S/c1-5-17(14-6-11-18(25-3)19(12-14)26-4)22-23-20(24)13(2)27-16-9-7-15(21)8-10-16/h6-13H,5H2,1-4H3,(H,23,24)/b22-17-/t13-/m1/s1. The van der Waals surface area contributed by atoms with E-state index in [1.807, 2.05) is 44.2 Å². The number of thioether (sulfide) groups is 1. The summed E-state index contributed by atoms with van der Waals surface area (Å²) in [6, 6.07) is 12.9. The van der Waals surface area contributed by atoms with Crippen molar-refractivity contribution in [1.29, 1.82) is 0 Å². The molecule has 0 saturated heterocycles. The fraction of sp³-hybridized carbons (Fsp3) is 0.300. The normalized spacial score (nSPS) is 12.4. The molecule has 0 heterocycles. The molecule has 1 amide bonds. The Kier molecular flexibility index (Phi) is 8.00. The topological polar surface area (TPSA) is 59.9 Å². The Morgan fingerprint density at radius 2 is 1.81 bits per heavy atom. The number of nitrogens with zero attached hydrogens (tertiary/aromatic N) is 1. The van der Waals surface area contributed by atoms with Crippen molar-refractivity contribution in [3.63, 3.8) is 0 Å². The van der Waals surface area contributed by atoms with Crippen LogP contribution in [0.25, 0.3) is 0 Å². The minimum Gasteiger partial charge on any atom is -0.493 e. The first-order valence-electron chi connectivity index (χ1n) is 8.49.